The van der Waals surface area contributed by atoms with Gasteiger partial charge in [-0.3, -0.25) is 9.69 Å². The van der Waals surface area contributed by atoms with E-state index in [4.69, 9.17) is 4.74 Å². The number of rotatable bonds is 4. The molecule has 2 amide bonds. The van der Waals surface area contributed by atoms with Crippen molar-refractivity contribution in [2.24, 2.45) is 0 Å². The van der Waals surface area contributed by atoms with Crippen molar-refractivity contribution in [2.75, 3.05) is 13.7 Å². The first-order valence-electron chi connectivity index (χ1n) is 3.57. The maximum Gasteiger partial charge on any atom is 0.416 e. The predicted octanol–water partition coefficient (Wildman–Crippen LogP) is 1.01. The summed E-state index contributed by atoms with van der Waals surface area (Å²) in [5, 5.41) is 0. The van der Waals surface area contributed by atoms with Gasteiger partial charge >= 0.3 is 6.09 Å². The van der Waals surface area contributed by atoms with E-state index in [2.05, 4.69) is 0 Å². The molecule has 0 heterocycles. The van der Waals surface area contributed by atoms with Crippen LogP contribution in [-0.2, 0) is 9.53 Å². The third kappa shape index (κ3) is 4.36. The zero-order valence-corrected chi connectivity index (χ0v) is 6.87. The second-order valence-electron chi connectivity index (χ2n) is 2.18. The van der Waals surface area contributed by atoms with Gasteiger partial charge in [-0.2, -0.15) is 0 Å². The second kappa shape index (κ2) is 5.70. The number of imide groups is 1. The fraction of sp³-hybridized carbons (Fsp3) is 0.714. The van der Waals surface area contributed by atoms with Crippen LogP contribution in [0, 0.1) is 0 Å². The van der Waals surface area contributed by atoms with Crippen molar-refractivity contribution < 1.29 is 14.3 Å². The van der Waals surface area contributed by atoms with Gasteiger partial charge in [0, 0.05) is 7.05 Å². The first-order valence-corrected chi connectivity index (χ1v) is 3.57. The first-order chi connectivity index (χ1) is 5.22. The highest BCUT2D eigenvalue weighted by Crippen LogP contribution is 1.91. The van der Waals surface area contributed by atoms with E-state index in [1.807, 2.05) is 6.92 Å². The average molecular weight is 159 g/mol. The summed E-state index contributed by atoms with van der Waals surface area (Å²) in [6.07, 6.45) is 1.64. The molecule has 0 aliphatic heterocycles. The van der Waals surface area contributed by atoms with E-state index < -0.39 is 6.09 Å². The van der Waals surface area contributed by atoms with Crippen LogP contribution in [0.25, 0.3) is 0 Å². The van der Waals surface area contributed by atoms with Crippen LogP contribution in [0.4, 0.5) is 4.79 Å². The van der Waals surface area contributed by atoms with Gasteiger partial charge in [0.15, 0.2) is 0 Å². The number of hydrogen-bond acceptors (Lipinski definition) is 3. The van der Waals surface area contributed by atoms with Crippen LogP contribution in [0.5, 0.6) is 0 Å². The Morgan fingerprint density at radius 2 is 2.27 bits per heavy atom. The standard InChI is InChI=1S/C7H13NO3/c1-3-4-5-11-7(10)8(2)6-9/h6H,3-5H2,1-2H3. The van der Waals surface area contributed by atoms with Crippen LogP contribution in [0.15, 0.2) is 0 Å². The molecule has 0 N–H and O–H groups in total. The van der Waals surface area contributed by atoms with Gasteiger partial charge in [-0.25, -0.2) is 4.79 Å². The van der Waals surface area contributed by atoms with E-state index in [-0.39, 0.29) is 0 Å². The Balaban J connectivity index is 3.44. The van der Waals surface area contributed by atoms with E-state index in [1.54, 1.807) is 0 Å². The largest absolute Gasteiger partial charge is 0.449 e. The zero-order chi connectivity index (χ0) is 8.69. The third-order valence-electron chi connectivity index (χ3n) is 1.17. The lowest BCUT2D eigenvalue weighted by atomic mass is 10.4. The monoisotopic (exact) mass is 159 g/mol. The summed E-state index contributed by atoms with van der Waals surface area (Å²) >= 11 is 0. The van der Waals surface area contributed by atoms with E-state index in [0.717, 1.165) is 17.7 Å². The molecule has 0 atom stereocenters. The lowest BCUT2D eigenvalue weighted by Crippen LogP contribution is -2.25. The summed E-state index contributed by atoms with van der Waals surface area (Å²) in [5.74, 6) is 0. The Morgan fingerprint density at radius 3 is 2.73 bits per heavy atom. The van der Waals surface area contributed by atoms with Crippen molar-refractivity contribution >= 4 is 12.5 Å². The minimum Gasteiger partial charge on any atom is -0.449 e. The van der Waals surface area contributed by atoms with Gasteiger partial charge in [0.25, 0.3) is 0 Å². The second-order valence-corrected chi connectivity index (χ2v) is 2.18. The molecule has 0 fully saturated rings. The van der Waals surface area contributed by atoms with Crippen LogP contribution in [0.3, 0.4) is 0 Å². The van der Waals surface area contributed by atoms with Gasteiger partial charge in [0.2, 0.25) is 6.41 Å². The fourth-order valence-corrected chi connectivity index (χ4v) is 0.449. The molecule has 0 spiro atoms. The van der Waals surface area contributed by atoms with Crippen molar-refractivity contribution in [3.63, 3.8) is 0 Å². The molecule has 0 unspecified atom stereocenters. The lowest BCUT2D eigenvalue weighted by Gasteiger charge is -2.08. The molecule has 11 heavy (non-hydrogen) atoms. The summed E-state index contributed by atoms with van der Waals surface area (Å²) < 4.78 is 4.69. The predicted molar refractivity (Wildman–Crippen MR) is 40.1 cm³/mol. The number of carbonyl (C=O) groups is 2. The molecule has 4 heteroatoms. The molecule has 0 aromatic rings. The van der Waals surface area contributed by atoms with Crippen molar-refractivity contribution in [1.82, 2.24) is 4.90 Å². The van der Waals surface area contributed by atoms with E-state index in [9.17, 15) is 9.59 Å². The lowest BCUT2D eigenvalue weighted by molar-refractivity contribution is -0.115. The number of ether oxygens (including phenoxy) is 1. The topological polar surface area (TPSA) is 46.6 Å². The molecule has 0 aromatic carbocycles. The fourth-order valence-electron chi connectivity index (χ4n) is 0.449. The van der Waals surface area contributed by atoms with Crippen molar-refractivity contribution in [1.29, 1.82) is 0 Å². The molecule has 64 valence electrons. The highest BCUT2D eigenvalue weighted by Gasteiger charge is 2.06. The molecule has 0 saturated carbocycles. The number of amides is 2. The summed E-state index contributed by atoms with van der Waals surface area (Å²) in [7, 11) is 1.36. The van der Waals surface area contributed by atoms with E-state index in [1.165, 1.54) is 7.05 Å². The number of nitrogens with zero attached hydrogens (tertiary/aromatic N) is 1. The molecular formula is C7H13NO3. The smallest absolute Gasteiger partial charge is 0.416 e. The van der Waals surface area contributed by atoms with Crippen molar-refractivity contribution in [3.8, 4) is 0 Å². The Hall–Kier alpha value is -1.06. The molecule has 0 bridgehead atoms. The number of hydrogen-bond donors (Lipinski definition) is 0. The molecule has 4 nitrogen and oxygen atoms in total. The van der Waals surface area contributed by atoms with Crippen LogP contribution < -0.4 is 0 Å². The van der Waals surface area contributed by atoms with Crippen LogP contribution in [-0.4, -0.2) is 31.1 Å². The van der Waals surface area contributed by atoms with Gasteiger partial charge in [0.05, 0.1) is 6.61 Å². The summed E-state index contributed by atoms with van der Waals surface area (Å²) in [5.41, 5.74) is 0. The molecule has 0 aliphatic carbocycles. The maximum atomic E-state index is 10.7. The summed E-state index contributed by atoms with van der Waals surface area (Å²) in [6, 6.07) is 0. The SMILES string of the molecule is CCCCOC(=O)N(C)C=O. The third-order valence-corrected chi connectivity index (χ3v) is 1.17. The Labute approximate surface area is 66.1 Å². The normalized spacial score (nSPS) is 8.91. The van der Waals surface area contributed by atoms with Crippen LogP contribution in [0.2, 0.25) is 0 Å². The highest BCUT2D eigenvalue weighted by atomic mass is 16.6. The molecule has 0 saturated heterocycles. The Bertz CT molecular complexity index is 136. The Morgan fingerprint density at radius 1 is 1.64 bits per heavy atom. The van der Waals surface area contributed by atoms with Gasteiger partial charge in [-0.05, 0) is 6.42 Å². The van der Waals surface area contributed by atoms with Crippen LogP contribution >= 0.6 is 0 Å². The molecule has 0 radical (unpaired) electrons. The number of unbranched alkanes of at least 4 members (excludes halogenated alkanes) is 1. The minimum absolute atomic E-state index is 0.382. The molecular weight excluding hydrogens is 146 g/mol. The quantitative estimate of drug-likeness (QED) is 0.454. The van der Waals surface area contributed by atoms with Gasteiger partial charge in [-0.15, -0.1) is 0 Å². The minimum atomic E-state index is -0.589. The number of carbonyl (C=O) groups excluding carboxylic acids is 2. The maximum absolute atomic E-state index is 10.7. The molecule has 0 aromatic heterocycles. The van der Waals surface area contributed by atoms with Crippen LogP contribution in [0.1, 0.15) is 19.8 Å². The van der Waals surface area contributed by atoms with E-state index >= 15 is 0 Å². The van der Waals surface area contributed by atoms with Crippen molar-refractivity contribution in [2.45, 2.75) is 19.8 Å². The van der Waals surface area contributed by atoms with Gasteiger partial charge < -0.3 is 4.74 Å². The molecule has 0 rings (SSSR count). The summed E-state index contributed by atoms with van der Waals surface area (Å²) in [6.45, 7) is 2.38. The first kappa shape index (κ1) is 9.94. The highest BCUT2D eigenvalue weighted by molar-refractivity contribution is 5.79. The zero-order valence-electron chi connectivity index (χ0n) is 6.87. The Kier molecular flexibility index (Phi) is 5.15. The summed E-state index contributed by atoms with van der Waals surface area (Å²) in [4.78, 5) is 21.6. The van der Waals surface area contributed by atoms with Gasteiger partial charge in [-0.1, -0.05) is 13.3 Å². The van der Waals surface area contributed by atoms with Crippen molar-refractivity contribution in [3.05, 3.63) is 0 Å². The van der Waals surface area contributed by atoms with Gasteiger partial charge in [0.1, 0.15) is 0 Å². The average Bonchev–Trinajstić information content (AvgIpc) is 2.03. The molecule has 0 aliphatic rings. The van der Waals surface area contributed by atoms with E-state index in [0.29, 0.717) is 13.0 Å².